The highest BCUT2D eigenvalue weighted by molar-refractivity contribution is 5.60. The van der Waals surface area contributed by atoms with Gasteiger partial charge in [0.2, 0.25) is 0 Å². The number of carbonyl (C=O) groups is 1. The third-order valence-electron chi connectivity index (χ3n) is 1.96. The molecule has 0 heterocycles. The van der Waals surface area contributed by atoms with Crippen LogP contribution in [0, 0.1) is 0 Å². The molecule has 1 aromatic rings. The minimum atomic E-state index is -0.488. The second-order valence-corrected chi connectivity index (χ2v) is 3.53. The lowest BCUT2D eigenvalue weighted by Gasteiger charge is -2.12. The molecule has 0 saturated heterocycles. The first-order valence-electron chi connectivity index (χ1n) is 4.92. The zero-order chi connectivity index (χ0) is 11.3. The van der Waals surface area contributed by atoms with Gasteiger partial charge < -0.3 is 14.3 Å². The quantitative estimate of drug-likeness (QED) is 0.697. The summed E-state index contributed by atoms with van der Waals surface area (Å²) in [5.41, 5.74) is 0.837. The largest absolute Gasteiger partial charge is 0.491 e. The van der Waals surface area contributed by atoms with E-state index < -0.39 is 6.10 Å². The molecule has 0 aromatic heterocycles. The van der Waals surface area contributed by atoms with Crippen LogP contribution in [0.25, 0.3) is 0 Å². The van der Waals surface area contributed by atoms with Gasteiger partial charge in [-0.2, -0.15) is 0 Å². The number of hydrogen-bond donors (Lipinski definition) is 0. The number of benzene rings is 1. The van der Waals surface area contributed by atoms with Crippen LogP contribution in [0.1, 0.15) is 25.5 Å². The Hall–Kier alpha value is -1.35. The maximum Gasteiger partial charge on any atom is 0.153 e. The van der Waals surface area contributed by atoms with E-state index in [-0.39, 0.29) is 6.10 Å². The average molecular weight is 208 g/mol. The van der Waals surface area contributed by atoms with E-state index in [2.05, 4.69) is 0 Å². The van der Waals surface area contributed by atoms with E-state index in [1.807, 2.05) is 38.1 Å². The van der Waals surface area contributed by atoms with Gasteiger partial charge in [-0.1, -0.05) is 12.1 Å². The number of aldehydes is 1. The summed E-state index contributed by atoms with van der Waals surface area (Å²) in [5.74, 6) is 0.800. The van der Waals surface area contributed by atoms with E-state index in [4.69, 9.17) is 9.47 Å². The Bertz CT molecular complexity index is 303. The van der Waals surface area contributed by atoms with Crippen LogP contribution >= 0.6 is 0 Å². The summed E-state index contributed by atoms with van der Waals surface area (Å²) in [4.78, 5) is 10.6. The van der Waals surface area contributed by atoms with Crippen LogP contribution in [0.2, 0.25) is 0 Å². The van der Waals surface area contributed by atoms with Crippen LogP contribution in [0.4, 0.5) is 0 Å². The summed E-state index contributed by atoms with van der Waals surface area (Å²) in [6, 6.07) is 7.34. The fourth-order valence-electron chi connectivity index (χ4n) is 1.28. The van der Waals surface area contributed by atoms with Gasteiger partial charge in [0.05, 0.1) is 6.10 Å². The summed E-state index contributed by atoms with van der Waals surface area (Å²) >= 11 is 0. The Balaban J connectivity index is 2.75. The smallest absolute Gasteiger partial charge is 0.153 e. The fraction of sp³-hybridized carbons (Fsp3) is 0.417. The maximum atomic E-state index is 10.6. The summed E-state index contributed by atoms with van der Waals surface area (Å²) < 4.78 is 10.5. The molecule has 1 unspecified atom stereocenters. The SMILES string of the molecule is COC(C=O)c1ccc(OC(C)C)cc1. The highest BCUT2D eigenvalue weighted by Gasteiger charge is 2.08. The number of carbonyl (C=O) groups excluding carboxylic acids is 1. The summed E-state index contributed by atoms with van der Waals surface area (Å²) in [6.45, 7) is 3.94. The molecule has 0 N–H and O–H groups in total. The third-order valence-corrected chi connectivity index (χ3v) is 1.96. The van der Waals surface area contributed by atoms with Crippen LogP contribution in [0.5, 0.6) is 5.75 Å². The zero-order valence-electron chi connectivity index (χ0n) is 9.27. The molecule has 0 radical (unpaired) electrons. The van der Waals surface area contributed by atoms with Crippen molar-refractivity contribution in [2.24, 2.45) is 0 Å². The normalized spacial score (nSPS) is 12.5. The molecule has 0 bridgehead atoms. The molecule has 0 aliphatic carbocycles. The highest BCUT2D eigenvalue weighted by Crippen LogP contribution is 2.19. The van der Waals surface area contributed by atoms with Gasteiger partial charge in [-0.15, -0.1) is 0 Å². The zero-order valence-corrected chi connectivity index (χ0v) is 9.27. The molecular weight excluding hydrogens is 192 g/mol. The summed E-state index contributed by atoms with van der Waals surface area (Å²) in [7, 11) is 1.51. The minimum Gasteiger partial charge on any atom is -0.491 e. The van der Waals surface area contributed by atoms with Crippen LogP contribution in [-0.4, -0.2) is 19.5 Å². The number of methoxy groups -OCH3 is 1. The van der Waals surface area contributed by atoms with Gasteiger partial charge in [0.25, 0.3) is 0 Å². The van der Waals surface area contributed by atoms with Crippen molar-refractivity contribution < 1.29 is 14.3 Å². The molecule has 0 fully saturated rings. The standard InChI is InChI=1S/C12H16O3/c1-9(2)15-11-6-4-10(5-7-11)12(8-13)14-3/h4-9,12H,1-3H3. The summed E-state index contributed by atoms with van der Waals surface area (Å²) in [6.07, 6.45) is 0.441. The Morgan fingerprint density at radius 3 is 2.20 bits per heavy atom. The van der Waals surface area contributed by atoms with E-state index in [0.717, 1.165) is 17.6 Å². The molecule has 1 rings (SSSR count). The first-order chi connectivity index (χ1) is 7.17. The van der Waals surface area contributed by atoms with E-state index in [0.29, 0.717) is 0 Å². The first-order valence-corrected chi connectivity index (χ1v) is 4.92. The van der Waals surface area contributed by atoms with Crippen molar-refractivity contribution in [3.05, 3.63) is 29.8 Å². The lowest BCUT2D eigenvalue weighted by atomic mass is 10.1. The van der Waals surface area contributed by atoms with Crippen LogP contribution in [0.3, 0.4) is 0 Å². The Labute approximate surface area is 90.0 Å². The number of ether oxygens (including phenoxy) is 2. The van der Waals surface area contributed by atoms with Crippen molar-refractivity contribution in [2.45, 2.75) is 26.1 Å². The molecule has 0 amide bonds. The summed E-state index contributed by atoms with van der Waals surface area (Å²) in [5, 5.41) is 0. The van der Waals surface area contributed by atoms with Crippen LogP contribution in [0.15, 0.2) is 24.3 Å². The topological polar surface area (TPSA) is 35.5 Å². The molecule has 3 heteroatoms. The predicted molar refractivity (Wildman–Crippen MR) is 58.0 cm³/mol. The molecular formula is C12H16O3. The van der Waals surface area contributed by atoms with Gasteiger partial charge >= 0.3 is 0 Å². The van der Waals surface area contributed by atoms with Crippen molar-refractivity contribution in [3.8, 4) is 5.75 Å². The van der Waals surface area contributed by atoms with E-state index >= 15 is 0 Å². The van der Waals surface area contributed by atoms with E-state index in [1.54, 1.807) is 0 Å². The third kappa shape index (κ3) is 3.36. The second-order valence-electron chi connectivity index (χ2n) is 3.53. The molecule has 82 valence electrons. The van der Waals surface area contributed by atoms with Crippen molar-refractivity contribution in [1.82, 2.24) is 0 Å². The van der Waals surface area contributed by atoms with Gasteiger partial charge in [0.1, 0.15) is 11.9 Å². The highest BCUT2D eigenvalue weighted by atomic mass is 16.5. The van der Waals surface area contributed by atoms with Crippen LogP contribution < -0.4 is 4.74 Å². The van der Waals surface area contributed by atoms with Gasteiger partial charge in [-0.3, -0.25) is 0 Å². The second kappa shape index (κ2) is 5.51. The minimum absolute atomic E-state index is 0.153. The predicted octanol–water partition coefficient (Wildman–Crippen LogP) is 2.36. The molecule has 1 aromatic carbocycles. The van der Waals surface area contributed by atoms with Crippen molar-refractivity contribution in [1.29, 1.82) is 0 Å². The lowest BCUT2D eigenvalue weighted by molar-refractivity contribution is -0.116. The molecule has 3 nitrogen and oxygen atoms in total. The van der Waals surface area contributed by atoms with Gasteiger partial charge in [-0.25, -0.2) is 0 Å². The lowest BCUT2D eigenvalue weighted by Crippen LogP contribution is -2.06. The number of hydrogen-bond acceptors (Lipinski definition) is 3. The van der Waals surface area contributed by atoms with Crippen molar-refractivity contribution in [3.63, 3.8) is 0 Å². The Morgan fingerprint density at radius 2 is 1.80 bits per heavy atom. The molecule has 0 aliphatic heterocycles. The first kappa shape index (κ1) is 11.7. The monoisotopic (exact) mass is 208 g/mol. The van der Waals surface area contributed by atoms with Crippen LogP contribution in [-0.2, 0) is 9.53 Å². The van der Waals surface area contributed by atoms with E-state index in [1.165, 1.54) is 7.11 Å². The van der Waals surface area contributed by atoms with E-state index in [9.17, 15) is 4.79 Å². The van der Waals surface area contributed by atoms with Crippen molar-refractivity contribution in [2.75, 3.05) is 7.11 Å². The molecule has 0 spiro atoms. The van der Waals surface area contributed by atoms with Gasteiger partial charge in [0, 0.05) is 7.11 Å². The molecule has 0 saturated carbocycles. The molecule has 1 atom stereocenters. The Kier molecular flexibility index (Phi) is 4.31. The maximum absolute atomic E-state index is 10.6. The van der Waals surface area contributed by atoms with Gasteiger partial charge in [0.15, 0.2) is 6.29 Å². The van der Waals surface area contributed by atoms with Crippen molar-refractivity contribution >= 4 is 6.29 Å². The molecule has 15 heavy (non-hydrogen) atoms. The average Bonchev–Trinajstić information content (AvgIpc) is 2.21. The fourth-order valence-corrected chi connectivity index (χ4v) is 1.28. The van der Waals surface area contributed by atoms with Gasteiger partial charge in [-0.05, 0) is 31.5 Å². The Morgan fingerprint density at radius 1 is 1.20 bits per heavy atom. The molecule has 0 aliphatic rings. The number of rotatable bonds is 5.